The number of benzene rings is 3. The van der Waals surface area contributed by atoms with Crippen molar-refractivity contribution in [3.8, 4) is 11.1 Å². The Balaban J connectivity index is 1.46. The Hall–Kier alpha value is -3.93. The number of anilines is 1. The van der Waals surface area contributed by atoms with Crippen molar-refractivity contribution in [2.24, 2.45) is 4.99 Å². The molecular formula is C25H24N4O2. The van der Waals surface area contributed by atoms with Crippen LogP contribution in [0.2, 0.25) is 0 Å². The number of carbonyl (C=O) groups is 2. The van der Waals surface area contributed by atoms with E-state index in [1.54, 1.807) is 19.1 Å². The maximum absolute atomic E-state index is 12.8. The van der Waals surface area contributed by atoms with Crippen LogP contribution in [0.3, 0.4) is 0 Å². The van der Waals surface area contributed by atoms with Crippen molar-refractivity contribution in [1.29, 1.82) is 0 Å². The molecule has 2 amide bonds. The van der Waals surface area contributed by atoms with Crippen LogP contribution >= 0.6 is 0 Å². The van der Waals surface area contributed by atoms with Gasteiger partial charge in [0.15, 0.2) is 0 Å². The normalized spacial score (nSPS) is 15.8. The highest BCUT2D eigenvalue weighted by molar-refractivity contribution is 6.39. The Bertz CT molecular complexity index is 1140. The number of hydrogen-bond acceptors (Lipinski definition) is 4. The fourth-order valence-electron chi connectivity index (χ4n) is 3.46. The van der Waals surface area contributed by atoms with Crippen LogP contribution in [0.1, 0.15) is 18.1 Å². The highest BCUT2D eigenvalue weighted by Gasteiger charge is 2.30. The summed E-state index contributed by atoms with van der Waals surface area (Å²) in [6.07, 6.45) is 0. The monoisotopic (exact) mass is 412 g/mol. The first-order valence-corrected chi connectivity index (χ1v) is 10.2. The summed E-state index contributed by atoms with van der Waals surface area (Å²) in [6.45, 7) is 4.10. The van der Waals surface area contributed by atoms with Gasteiger partial charge < -0.3 is 5.32 Å². The first kappa shape index (κ1) is 20.3. The molecule has 0 aliphatic carbocycles. The lowest BCUT2D eigenvalue weighted by Crippen LogP contribution is -2.57. The average molecular weight is 412 g/mol. The number of rotatable bonds is 5. The van der Waals surface area contributed by atoms with E-state index in [9.17, 15) is 9.59 Å². The zero-order valence-corrected chi connectivity index (χ0v) is 17.5. The van der Waals surface area contributed by atoms with E-state index in [1.165, 1.54) is 10.6 Å². The lowest BCUT2D eigenvalue weighted by Gasteiger charge is -2.30. The van der Waals surface area contributed by atoms with Crippen molar-refractivity contribution in [3.05, 3.63) is 90.0 Å². The van der Waals surface area contributed by atoms with Crippen LogP contribution in [-0.2, 0) is 16.1 Å². The zero-order chi connectivity index (χ0) is 21.8. The second-order valence-corrected chi connectivity index (χ2v) is 7.53. The number of hydrazine groups is 1. The summed E-state index contributed by atoms with van der Waals surface area (Å²) in [5.41, 5.74) is 7.92. The molecule has 6 nitrogen and oxygen atoms in total. The van der Waals surface area contributed by atoms with E-state index in [0.717, 1.165) is 16.7 Å². The van der Waals surface area contributed by atoms with E-state index >= 15 is 0 Å². The first-order valence-electron chi connectivity index (χ1n) is 10.2. The van der Waals surface area contributed by atoms with E-state index in [2.05, 4.69) is 53.0 Å². The number of amides is 2. The predicted molar refractivity (Wildman–Crippen MR) is 122 cm³/mol. The highest BCUT2D eigenvalue weighted by Crippen LogP contribution is 2.21. The molecule has 3 aromatic rings. The van der Waals surface area contributed by atoms with Crippen molar-refractivity contribution in [3.63, 3.8) is 0 Å². The van der Waals surface area contributed by atoms with Crippen molar-refractivity contribution in [1.82, 2.24) is 10.7 Å². The van der Waals surface area contributed by atoms with Gasteiger partial charge in [0, 0.05) is 6.54 Å². The number of aryl methyl sites for hydroxylation is 1. The van der Waals surface area contributed by atoms with E-state index in [1.807, 2.05) is 36.4 Å². The summed E-state index contributed by atoms with van der Waals surface area (Å²) in [5.74, 6) is -0.458. The molecule has 2 N–H and O–H groups in total. The minimum absolute atomic E-state index is 0.116. The smallest absolute Gasteiger partial charge is 0.288 e. The molecule has 0 aromatic heterocycles. The van der Waals surface area contributed by atoms with Gasteiger partial charge in [-0.05, 0) is 48.7 Å². The van der Waals surface area contributed by atoms with Gasteiger partial charge in [-0.3, -0.25) is 15.0 Å². The van der Waals surface area contributed by atoms with E-state index in [4.69, 9.17) is 0 Å². The van der Waals surface area contributed by atoms with Crippen LogP contribution < -0.4 is 15.8 Å². The predicted octanol–water partition coefficient (Wildman–Crippen LogP) is 3.62. The third kappa shape index (κ3) is 4.64. The Kier molecular flexibility index (Phi) is 5.80. The molecule has 31 heavy (non-hydrogen) atoms. The summed E-state index contributed by atoms with van der Waals surface area (Å²) in [7, 11) is 0. The minimum atomic E-state index is -0.646. The zero-order valence-electron chi connectivity index (χ0n) is 17.5. The van der Waals surface area contributed by atoms with Gasteiger partial charge in [0.25, 0.3) is 11.8 Å². The number of para-hydroxylation sites is 1. The molecule has 1 atom stereocenters. The summed E-state index contributed by atoms with van der Waals surface area (Å²) in [6, 6.07) is 24.9. The molecule has 0 bridgehead atoms. The van der Waals surface area contributed by atoms with Gasteiger partial charge in [-0.2, -0.15) is 0 Å². The largest absolute Gasteiger partial charge is 0.345 e. The number of hydrogen-bond donors (Lipinski definition) is 2. The topological polar surface area (TPSA) is 73.8 Å². The second kappa shape index (κ2) is 8.83. The lowest BCUT2D eigenvalue weighted by molar-refractivity contribution is -0.120. The Morgan fingerprint density at radius 3 is 2.45 bits per heavy atom. The Morgan fingerprint density at radius 1 is 1.00 bits per heavy atom. The minimum Gasteiger partial charge on any atom is -0.345 e. The molecule has 0 saturated heterocycles. The lowest BCUT2D eigenvalue weighted by atomic mass is 10.0. The van der Waals surface area contributed by atoms with E-state index in [0.29, 0.717) is 12.2 Å². The SMILES string of the molecule is Cc1cccc(-c2cccc(CNC(=O)C3=NC(C)C(=O)N(c4ccccc4)N3)c2)c1. The molecule has 0 fully saturated rings. The third-order valence-corrected chi connectivity index (χ3v) is 5.08. The van der Waals surface area contributed by atoms with E-state index in [-0.39, 0.29) is 17.6 Å². The Labute approximate surface area is 181 Å². The molecule has 156 valence electrons. The summed E-state index contributed by atoms with van der Waals surface area (Å²) in [4.78, 5) is 29.5. The standard InChI is InChI=1S/C25H24N4O2/c1-17-8-6-10-20(14-17)21-11-7-9-19(15-21)16-26-24(30)23-27-18(2)25(31)29(28-23)22-12-4-3-5-13-22/h3-15,18H,16H2,1-2H3,(H,26,30)(H,27,28). The van der Waals surface area contributed by atoms with Crippen LogP contribution in [0, 0.1) is 6.92 Å². The molecular weight excluding hydrogens is 388 g/mol. The maximum atomic E-state index is 12.8. The van der Waals surface area contributed by atoms with Crippen LogP contribution in [-0.4, -0.2) is 23.7 Å². The van der Waals surface area contributed by atoms with Crippen LogP contribution in [0.25, 0.3) is 11.1 Å². The van der Waals surface area contributed by atoms with Gasteiger partial charge in [0.2, 0.25) is 5.84 Å². The van der Waals surface area contributed by atoms with Gasteiger partial charge in [-0.15, -0.1) is 0 Å². The van der Waals surface area contributed by atoms with Gasteiger partial charge >= 0.3 is 0 Å². The molecule has 0 spiro atoms. The average Bonchev–Trinajstić information content (AvgIpc) is 2.80. The van der Waals surface area contributed by atoms with Gasteiger partial charge in [0.05, 0.1) is 5.69 Å². The number of carbonyl (C=O) groups excluding carboxylic acids is 2. The molecule has 4 rings (SSSR count). The van der Waals surface area contributed by atoms with Crippen molar-refractivity contribution in [2.75, 3.05) is 5.01 Å². The van der Waals surface area contributed by atoms with Crippen LogP contribution in [0.5, 0.6) is 0 Å². The molecule has 0 radical (unpaired) electrons. The quantitative estimate of drug-likeness (QED) is 0.672. The van der Waals surface area contributed by atoms with Crippen molar-refractivity contribution >= 4 is 23.3 Å². The second-order valence-electron chi connectivity index (χ2n) is 7.53. The van der Waals surface area contributed by atoms with Gasteiger partial charge in [-0.1, -0.05) is 66.2 Å². The van der Waals surface area contributed by atoms with Gasteiger partial charge in [0.1, 0.15) is 6.04 Å². The first-order chi connectivity index (χ1) is 15.0. The van der Waals surface area contributed by atoms with Gasteiger partial charge in [-0.25, -0.2) is 10.0 Å². The summed E-state index contributed by atoms with van der Waals surface area (Å²) < 4.78 is 0. The van der Waals surface area contributed by atoms with Crippen molar-refractivity contribution < 1.29 is 9.59 Å². The fourth-order valence-corrected chi connectivity index (χ4v) is 3.46. The molecule has 1 aliphatic rings. The van der Waals surface area contributed by atoms with E-state index < -0.39 is 6.04 Å². The third-order valence-electron chi connectivity index (χ3n) is 5.08. The van der Waals surface area contributed by atoms with Crippen LogP contribution in [0.4, 0.5) is 5.69 Å². The number of amidine groups is 1. The molecule has 1 heterocycles. The number of nitrogens with zero attached hydrogens (tertiary/aromatic N) is 2. The highest BCUT2D eigenvalue weighted by atomic mass is 16.2. The molecule has 1 aliphatic heterocycles. The van der Waals surface area contributed by atoms with Crippen LogP contribution in [0.15, 0.2) is 83.9 Å². The molecule has 3 aromatic carbocycles. The fraction of sp³-hybridized carbons (Fsp3) is 0.160. The Morgan fingerprint density at radius 2 is 1.71 bits per heavy atom. The maximum Gasteiger partial charge on any atom is 0.288 e. The molecule has 6 heteroatoms. The summed E-state index contributed by atoms with van der Waals surface area (Å²) in [5, 5.41) is 4.26. The summed E-state index contributed by atoms with van der Waals surface area (Å²) >= 11 is 0. The molecule has 0 saturated carbocycles. The van der Waals surface area contributed by atoms with Crippen molar-refractivity contribution in [2.45, 2.75) is 26.4 Å². The number of aliphatic imine (C=N–C) groups is 1. The number of nitrogens with one attached hydrogen (secondary N) is 2. The molecule has 1 unspecified atom stereocenters.